The second kappa shape index (κ2) is 5.09. The Balaban J connectivity index is 2.68. The van der Waals surface area contributed by atoms with Crippen LogP contribution in [0.4, 0.5) is 0 Å². The summed E-state index contributed by atoms with van der Waals surface area (Å²) < 4.78 is 0. The van der Waals surface area contributed by atoms with Crippen molar-refractivity contribution in [2.24, 2.45) is 11.7 Å². The van der Waals surface area contributed by atoms with E-state index in [4.69, 9.17) is 15.9 Å². The normalized spacial score (nSPS) is 23.2. The average molecular weight is 216 g/mol. The van der Waals surface area contributed by atoms with Crippen molar-refractivity contribution >= 4 is 11.9 Å². The number of hydrogen-bond acceptors (Lipinski definition) is 4. The Morgan fingerprint density at radius 2 is 2.33 bits per heavy atom. The molecule has 0 spiro atoms. The summed E-state index contributed by atoms with van der Waals surface area (Å²) in [6.45, 7) is 0.522. The van der Waals surface area contributed by atoms with Crippen LogP contribution in [0.25, 0.3) is 0 Å². The van der Waals surface area contributed by atoms with E-state index in [1.807, 2.05) is 0 Å². The van der Waals surface area contributed by atoms with Gasteiger partial charge in [-0.05, 0) is 12.5 Å². The highest BCUT2D eigenvalue weighted by molar-refractivity contribution is 5.85. The number of amides is 1. The van der Waals surface area contributed by atoms with Gasteiger partial charge in [-0.1, -0.05) is 0 Å². The van der Waals surface area contributed by atoms with Gasteiger partial charge < -0.3 is 20.8 Å². The largest absolute Gasteiger partial charge is 0.480 e. The molecule has 1 unspecified atom stereocenters. The van der Waals surface area contributed by atoms with Gasteiger partial charge >= 0.3 is 5.97 Å². The monoisotopic (exact) mass is 216 g/mol. The summed E-state index contributed by atoms with van der Waals surface area (Å²) in [5.41, 5.74) is 5.43. The van der Waals surface area contributed by atoms with Crippen molar-refractivity contribution in [3.05, 3.63) is 0 Å². The van der Waals surface area contributed by atoms with Crippen LogP contribution in [0.5, 0.6) is 0 Å². The lowest BCUT2D eigenvalue weighted by Gasteiger charge is -2.23. The van der Waals surface area contributed by atoms with Crippen molar-refractivity contribution in [3.8, 4) is 0 Å². The number of rotatable bonds is 5. The van der Waals surface area contributed by atoms with E-state index in [1.165, 1.54) is 4.90 Å². The maximum absolute atomic E-state index is 11.5. The van der Waals surface area contributed by atoms with Gasteiger partial charge in [0.2, 0.25) is 5.91 Å². The lowest BCUT2D eigenvalue weighted by atomic mass is 10.1. The fraction of sp³-hybridized carbons (Fsp3) is 0.778. The van der Waals surface area contributed by atoms with E-state index in [1.54, 1.807) is 0 Å². The van der Waals surface area contributed by atoms with Crippen molar-refractivity contribution in [2.45, 2.75) is 18.9 Å². The van der Waals surface area contributed by atoms with Gasteiger partial charge in [0.15, 0.2) is 0 Å². The van der Waals surface area contributed by atoms with E-state index in [2.05, 4.69) is 0 Å². The molecular weight excluding hydrogens is 200 g/mol. The second-order valence-electron chi connectivity index (χ2n) is 3.72. The predicted molar refractivity (Wildman–Crippen MR) is 52.0 cm³/mol. The number of aliphatic hydroxyl groups excluding tert-OH is 1. The van der Waals surface area contributed by atoms with Gasteiger partial charge in [-0.2, -0.15) is 0 Å². The lowest BCUT2D eigenvalue weighted by Crippen LogP contribution is -2.43. The first kappa shape index (κ1) is 11.9. The highest BCUT2D eigenvalue weighted by atomic mass is 16.4. The first-order chi connectivity index (χ1) is 7.10. The number of carbonyl (C=O) groups is 2. The van der Waals surface area contributed by atoms with E-state index in [0.717, 1.165) is 0 Å². The maximum atomic E-state index is 11.5. The van der Waals surface area contributed by atoms with E-state index in [0.29, 0.717) is 19.5 Å². The third kappa shape index (κ3) is 2.66. The fourth-order valence-electron chi connectivity index (χ4n) is 1.80. The highest BCUT2D eigenvalue weighted by Gasteiger charge is 2.36. The molecule has 0 aliphatic carbocycles. The van der Waals surface area contributed by atoms with Crippen molar-refractivity contribution in [3.63, 3.8) is 0 Å². The summed E-state index contributed by atoms with van der Waals surface area (Å²) in [5.74, 6) is -1.22. The van der Waals surface area contributed by atoms with Gasteiger partial charge in [-0.15, -0.1) is 0 Å². The topological polar surface area (TPSA) is 104 Å². The summed E-state index contributed by atoms with van der Waals surface area (Å²) in [7, 11) is 0. The van der Waals surface area contributed by atoms with E-state index in [-0.39, 0.29) is 24.9 Å². The molecule has 15 heavy (non-hydrogen) atoms. The number of aliphatic hydroxyl groups is 1. The van der Waals surface area contributed by atoms with Crippen LogP contribution in [0.15, 0.2) is 0 Å². The molecule has 1 rings (SSSR count). The van der Waals surface area contributed by atoms with Crippen LogP contribution in [0.3, 0.4) is 0 Å². The quantitative estimate of drug-likeness (QED) is 0.526. The van der Waals surface area contributed by atoms with Gasteiger partial charge in [0.1, 0.15) is 6.04 Å². The van der Waals surface area contributed by atoms with Crippen LogP contribution in [0.2, 0.25) is 0 Å². The van der Waals surface area contributed by atoms with Crippen molar-refractivity contribution < 1.29 is 19.8 Å². The summed E-state index contributed by atoms with van der Waals surface area (Å²) in [6, 6.07) is -0.918. The Bertz CT molecular complexity index is 256. The van der Waals surface area contributed by atoms with Crippen LogP contribution in [-0.4, -0.2) is 52.7 Å². The number of likely N-dealkylation sites (tertiary alicyclic amines) is 1. The van der Waals surface area contributed by atoms with Crippen LogP contribution >= 0.6 is 0 Å². The van der Waals surface area contributed by atoms with Crippen molar-refractivity contribution in [2.75, 3.05) is 19.7 Å². The molecule has 0 bridgehead atoms. The molecule has 6 heteroatoms. The molecule has 1 amide bonds. The molecule has 0 radical (unpaired) electrons. The molecule has 0 aromatic carbocycles. The first-order valence-electron chi connectivity index (χ1n) is 4.93. The SMILES string of the molecule is NCC1CC(=O)N([C@H](CCO)C(=O)O)C1. The molecule has 1 saturated heterocycles. The van der Waals surface area contributed by atoms with Gasteiger partial charge in [0, 0.05) is 26.0 Å². The molecule has 0 aromatic rings. The molecule has 1 aliphatic heterocycles. The zero-order valence-electron chi connectivity index (χ0n) is 8.43. The molecule has 1 heterocycles. The van der Waals surface area contributed by atoms with Crippen LogP contribution < -0.4 is 5.73 Å². The molecular formula is C9H16N2O4. The van der Waals surface area contributed by atoms with Gasteiger partial charge in [-0.25, -0.2) is 4.79 Å². The first-order valence-corrected chi connectivity index (χ1v) is 4.93. The fourth-order valence-corrected chi connectivity index (χ4v) is 1.80. The van der Waals surface area contributed by atoms with Crippen molar-refractivity contribution in [1.29, 1.82) is 0 Å². The third-order valence-electron chi connectivity index (χ3n) is 2.64. The van der Waals surface area contributed by atoms with Crippen LogP contribution in [0, 0.1) is 5.92 Å². The van der Waals surface area contributed by atoms with Gasteiger partial charge in [0.05, 0.1) is 0 Å². The van der Waals surface area contributed by atoms with Gasteiger partial charge in [-0.3, -0.25) is 4.79 Å². The van der Waals surface area contributed by atoms with E-state index < -0.39 is 12.0 Å². The second-order valence-corrected chi connectivity index (χ2v) is 3.72. The van der Waals surface area contributed by atoms with Crippen molar-refractivity contribution in [1.82, 2.24) is 4.90 Å². The Labute approximate surface area is 87.7 Å². The van der Waals surface area contributed by atoms with Crippen LogP contribution in [-0.2, 0) is 9.59 Å². The standard InChI is InChI=1S/C9H16N2O4/c10-4-6-3-8(13)11(5-6)7(1-2-12)9(14)15/h6-7,12H,1-5,10H2,(H,14,15)/t6?,7-/m1/s1. The molecule has 1 aliphatic rings. The lowest BCUT2D eigenvalue weighted by molar-refractivity contribution is -0.149. The van der Waals surface area contributed by atoms with Gasteiger partial charge in [0.25, 0.3) is 0 Å². The maximum Gasteiger partial charge on any atom is 0.326 e. The Morgan fingerprint density at radius 1 is 1.67 bits per heavy atom. The molecule has 6 nitrogen and oxygen atoms in total. The Hall–Kier alpha value is -1.14. The summed E-state index contributed by atoms with van der Waals surface area (Å²) in [6.07, 6.45) is 0.379. The average Bonchev–Trinajstić information content (AvgIpc) is 2.55. The molecule has 1 fully saturated rings. The number of nitrogens with zero attached hydrogens (tertiary/aromatic N) is 1. The molecule has 2 atom stereocenters. The number of carboxylic acid groups (broad SMARTS) is 1. The highest BCUT2D eigenvalue weighted by Crippen LogP contribution is 2.20. The molecule has 0 saturated carbocycles. The summed E-state index contributed by atoms with van der Waals surface area (Å²) in [4.78, 5) is 23.7. The van der Waals surface area contributed by atoms with E-state index in [9.17, 15) is 9.59 Å². The summed E-state index contributed by atoms with van der Waals surface area (Å²) in [5, 5.41) is 17.6. The molecule has 4 N–H and O–H groups in total. The minimum atomic E-state index is -1.07. The molecule has 86 valence electrons. The minimum absolute atomic E-state index is 0.0399. The zero-order chi connectivity index (χ0) is 11.4. The number of nitrogens with two attached hydrogens (primary N) is 1. The number of hydrogen-bond donors (Lipinski definition) is 3. The smallest absolute Gasteiger partial charge is 0.326 e. The Kier molecular flexibility index (Phi) is 4.05. The predicted octanol–water partition coefficient (Wildman–Crippen LogP) is -1.37. The third-order valence-corrected chi connectivity index (χ3v) is 2.64. The zero-order valence-corrected chi connectivity index (χ0v) is 8.43. The van der Waals surface area contributed by atoms with E-state index >= 15 is 0 Å². The number of carboxylic acids is 1. The Morgan fingerprint density at radius 3 is 2.73 bits per heavy atom. The molecule has 0 aromatic heterocycles. The number of carbonyl (C=O) groups excluding carboxylic acids is 1. The van der Waals surface area contributed by atoms with Crippen LogP contribution in [0.1, 0.15) is 12.8 Å². The minimum Gasteiger partial charge on any atom is -0.480 e. The summed E-state index contributed by atoms with van der Waals surface area (Å²) >= 11 is 0. The number of aliphatic carboxylic acids is 1.